The van der Waals surface area contributed by atoms with E-state index < -0.39 is 6.04 Å². The van der Waals surface area contributed by atoms with Crippen LogP contribution >= 0.6 is 11.6 Å². The molecule has 2 aromatic carbocycles. The molecule has 1 aliphatic carbocycles. The van der Waals surface area contributed by atoms with Crippen LogP contribution in [-0.4, -0.2) is 39.0 Å². The third-order valence-electron chi connectivity index (χ3n) is 6.46. The third kappa shape index (κ3) is 4.00. The van der Waals surface area contributed by atoms with Gasteiger partial charge in [0.2, 0.25) is 18.2 Å². The summed E-state index contributed by atoms with van der Waals surface area (Å²) in [6, 6.07) is 13.7. The number of rotatable bonds is 4. The Labute approximate surface area is 190 Å². The van der Waals surface area contributed by atoms with E-state index in [2.05, 4.69) is 15.5 Å². The largest absolute Gasteiger partial charge is 0.423 e. The lowest BCUT2D eigenvalue weighted by atomic mass is 9.84. The standard InChI is InChI=1S/C24H23ClN4O3/c25-18-6-3-5-17(12-18)24(31)29-20-7-2-1-4-16(20)13-21(29)22(30)27-19-10-8-15(9-11-19)23-28-26-14-32-23/h3,5-6,8-12,14,16,20-21H,1-2,4,7,13H2,(H,27,30). The van der Waals surface area contributed by atoms with E-state index in [9.17, 15) is 9.59 Å². The summed E-state index contributed by atoms with van der Waals surface area (Å²) in [5, 5.41) is 11.1. The van der Waals surface area contributed by atoms with E-state index in [4.69, 9.17) is 16.0 Å². The van der Waals surface area contributed by atoms with Gasteiger partial charge in [-0.2, -0.15) is 0 Å². The number of nitrogens with one attached hydrogen (secondary N) is 1. The highest BCUT2D eigenvalue weighted by Crippen LogP contribution is 2.41. The summed E-state index contributed by atoms with van der Waals surface area (Å²) >= 11 is 6.12. The molecule has 2 fully saturated rings. The van der Waals surface area contributed by atoms with Gasteiger partial charge in [0.1, 0.15) is 6.04 Å². The first-order chi connectivity index (χ1) is 15.6. The Balaban J connectivity index is 1.37. The van der Waals surface area contributed by atoms with Crippen LogP contribution in [0.4, 0.5) is 5.69 Å². The molecule has 0 radical (unpaired) electrons. The molecule has 1 aromatic heterocycles. The summed E-state index contributed by atoms with van der Waals surface area (Å²) in [5.74, 6) is 0.470. The van der Waals surface area contributed by atoms with Gasteiger partial charge < -0.3 is 14.6 Å². The predicted octanol–water partition coefficient (Wildman–Crippen LogP) is 4.80. The van der Waals surface area contributed by atoms with Gasteiger partial charge in [0.25, 0.3) is 5.91 Å². The Morgan fingerprint density at radius 2 is 1.91 bits per heavy atom. The van der Waals surface area contributed by atoms with Crippen molar-refractivity contribution in [3.8, 4) is 11.5 Å². The molecule has 2 aliphatic rings. The van der Waals surface area contributed by atoms with Crippen molar-refractivity contribution in [2.24, 2.45) is 5.92 Å². The number of benzene rings is 2. The van der Waals surface area contributed by atoms with Gasteiger partial charge >= 0.3 is 0 Å². The molecule has 1 saturated carbocycles. The second-order valence-corrected chi connectivity index (χ2v) is 8.83. The number of anilines is 1. The van der Waals surface area contributed by atoms with E-state index in [0.717, 1.165) is 31.2 Å². The molecule has 1 N–H and O–H groups in total. The third-order valence-corrected chi connectivity index (χ3v) is 6.69. The normalized spacial score (nSPS) is 22.4. The number of carbonyl (C=O) groups excluding carboxylic acids is 2. The quantitative estimate of drug-likeness (QED) is 0.616. The average molecular weight is 451 g/mol. The van der Waals surface area contributed by atoms with Gasteiger partial charge in [-0.05, 0) is 67.6 Å². The Bertz CT molecular complexity index is 1120. The van der Waals surface area contributed by atoms with Crippen LogP contribution in [0.3, 0.4) is 0 Å². The lowest BCUT2D eigenvalue weighted by Gasteiger charge is -2.33. The number of aromatic nitrogens is 2. The van der Waals surface area contributed by atoms with Crippen LogP contribution < -0.4 is 5.32 Å². The summed E-state index contributed by atoms with van der Waals surface area (Å²) in [5.41, 5.74) is 1.94. The SMILES string of the molecule is O=C(Nc1ccc(-c2nnco2)cc1)C1CC2CCCCC2N1C(=O)c1cccc(Cl)c1. The highest BCUT2D eigenvalue weighted by Gasteiger charge is 2.47. The predicted molar refractivity (Wildman–Crippen MR) is 120 cm³/mol. The molecule has 1 aliphatic heterocycles. The molecule has 3 aromatic rings. The molecule has 7 nitrogen and oxygen atoms in total. The molecule has 3 atom stereocenters. The zero-order valence-electron chi connectivity index (χ0n) is 17.4. The minimum absolute atomic E-state index is 0.0888. The summed E-state index contributed by atoms with van der Waals surface area (Å²) in [4.78, 5) is 28.6. The summed E-state index contributed by atoms with van der Waals surface area (Å²) in [6.07, 6.45) is 6.16. The van der Waals surface area contributed by atoms with Gasteiger partial charge in [0.05, 0.1) is 0 Å². The fraction of sp³-hybridized carbons (Fsp3) is 0.333. The van der Waals surface area contributed by atoms with E-state index in [1.54, 1.807) is 41.3 Å². The second kappa shape index (κ2) is 8.74. The van der Waals surface area contributed by atoms with Crippen LogP contribution in [0.15, 0.2) is 59.3 Å². The topological polar surface area (TPSA) is 88.3 Å². The van der Waals surface area contributed by atoms with Crippen LogP contribution in [0.1, 0.15) is 42.5 Å². The van der Waals surface area contributed by atoms with Crippen molar-refractivity contribution >= 4 is 29.1 Å². The van der Waals surface area contributed by atoms with Crippen LogP contribution in [0, 0.1) is 5.92 Å². The number of likely N-dealkylation sites (tertiary alicyclic amines) is 1. The van der Waals surface area contributed by atoms with Gasteiger partial charge in [-0.1, -0.05) is 30.5 Å². The number of carbonyl (C=O) groups is 2. The highest BCUT2D eigenvalue weighted by atomic mass is 35.5. The van der Waals surface area contributed by atoms with E-state index in [1.807, 2.05) is 12.1 Å². The minimum atomic E-state index is -0.509. The molecule has 1 saturated heterocycles. The van der Waals surface area contributed by atoms with E-state index in [0.29, 0.717) is 34.5 Å². The van der Waals surface area contributed by atoms with Gasteiger partial charge in [-0.25, -0.2) is 0 Å². The molecule has 164 valence electrons. The number of halogens is 1. The van der Waals surface area contributed by atoms with Crippen molar-refractivity contribution in [2.45, 2.75) is 44.2 Å². The maximum atomic E-state index is 13.5. The van der Waals surface area contributed by atoms with Gasteiger partial charge in [-0.15, -0.1) is 10.2 Å². The minimum Gasteiger partial charge on any atom is -0.423 e. The van der Waals surface area contributed by atoms with Crippen LogP contribution in [0.5, 0.6) is 0 Å². The number of hydrogen-bond acceptors (Lipinski definition) is 5. The second-order valence-electron chi connectivity index (χ2n) is 8.40. The van der Waals surface area contributed by atoms with Crippen molar-refractivity contribution in [3.05, 3.63) is 65.5 Å². The van der Waals surface area contributed by atoms with Crippen molar-refractivity contribution in [1.29, 1.82) is 0 Å². The molecular weight excluding hydrogens is 428 g/mol. The smallest absolute Gasteiger partial charge is 0.254 e. The van der Waals surface area contributed by atoms with Gasteiger partial charge in [0, 0.05) is 27.9 Å². The van der Waals surface area contributed by atoms with Crippen molar-refractivity contribution in [2.75, 3.05) is 5.32 Å². The average Bonchev–Trinajstić information content (AvgIpc) is 3.47. The lowest BCUT2D eigenvalue weighted by Crippen LogP contribution is -2.47. The van der Waals surface area contributed by atoms with Crippen molar-refractivity contribution < 1.29 is 14.0 Å². The van der Waals surface area contributed by atoms with Gasteiger partial charge in [0.15, 0.2) is 0 Å². The number of fused-ring (bicyclic) bond motifs is 1. The Kier molecular flexibility index (Phi) is 5.66. The first-order valence-electron chi connectivity index (χ1n) is 10.9. The Morgan fingerprint density at radius 1 is 1.09 bits per heavy atom. The van der Waals surface area contributed by atoms with Crippen molar-refractivity contribution in [1.82, 2.24) is 15.1 Å². The number of amides is 2. The lowest BCUT2D eigenvalue weighted by molar-refractivity contribution is -0.120. The summed E-state index contributed by atoms with van der Waals surface area (Å²) in [6.45, 7) is 0. The van der Waals surface area contributed by atoms with Gasteiger partial charge in [-0.3, -0.25) is 9.59 Å². The van der Waals surface area contributed by atoms with Crippen LogP contribution in [0.25, 0.3) is 11.5 Å². The summed E-state index contributed by atoms with van der Waals surface area (Å²) < 4.78 is 5.20. The van der Waals surface area contributed by atoms with E-state index >= 15 is 0 Å². The molecule has 32 heavy (non-hydrogen) atoms. The Hall–Kier alpha value is -3.19. The zero-order chi connectivity index (χ0) is 22.1. The summed E-state index contributed by atoms with van der Waals surface area (Å²) in [7, 11) is 0. The van der Waals surface area contributed by atoms with E-state index in [-0.39, 0.29) is 17.9 Å². The monoisotopic (exact) mass is 450 g/mol. The number of nitrogens with zero attached hydrogens (tertiary/aromatic N) is 3. The molecule has 8 heteroatoms. The zero-order valence-corrected chi connectivity index (χ0v) is 18.2. The molecular formula is C24H23ClN4O3. The molecule has 5 rings (SSSR count). The maximum Gasteiger partial charge on any atom is 0.254 e. The molecule has 3 unspecified atom stereocenters. The first kappa shape index (κ1) is 20.7. The van der Waals surface area contributed by atoms with Crippen molar-refractivity contribution in [3.63, 3.8) is 0 Å². The molecule has 0 spiro atoms. The fourth-order valence-corrected chi connectivity index (χ4v) is 5.17. The van der Waals surface area contributed by atoms with Crippen LogP contribution in [-0.2, 0) is 4.79 Å². The fourth-order valence-electron chi connectivity index (χ4n) is 4.98. The maximum absolute atomic E-state index is 13.5. The Morgan fingerprint density at radius 3 is 2.66 bits per heavy atom. The molecule has 2 heterocycles. The first-order valence-corrected chi connectivity index (χ1v) is 11.2. The van der Waals surface area contributed by atoms with E-state index in [1.165, 1.54) is 6.39 Å². The molecule has 2 amide bonds. The molecule has 0 bridgehead atoms. The highest BCUT2D eigenvalue weighted by molar-refractivity contribution is 6.31. The number of hydrogen-bond donors (Lipinski definition) is 1. The van der Waals surface area contributed by atoms with Crippen LogP contribution in [0.2, 0.25) is 5.02 Å².